The Morgan fingerprint density at radius 3 is 2.69 bits per heavy atom. The Balaban J connectivity index is 2.61. The van der Waals surface area contributed by atoms with Crippen molar-refractivity contribution in [3.63, 3.8) is 0 Å². The molecule has 0 amide bonds. The van der Waals surface area contributed by atoms with Gasteiger partial charge in [0.05, 0.1) is 0 Å². The minimum absolute atomic E-state index is 0.702. The van der Waals surface area contributed by atoms with E-state index >= 15 is 0 Å². The molecule has 1 saturated heterocycles. The first-order chi connectivity index (χ1) is 7.67. The van der Waals surface area contributed by atoms with Gasteiger partial charge in [-0.1, -0.05) is 18.1 Å². The van der Waals surface area contributed by atoms with Crippen molar-refractivity contribution in [2.75, 3.05) is 20.3 Å². The molecule has 1 rings (SSSR count). The van der Waals surface area contributed by atoms with Crippen LogP contribution in [0.15, 0.2) is 22.9 Å². The average molecular weight is 223 g/mol. The Hall–Kier alpha value is -0.760. The van der Waals surface area contributed by atoms with Crippen LogP contribution in [0.2, 0.25) is 0 Å². The van der Waals surface area contributed by atoms with Gasteiger partial charge in [0.25, 0.3) is 0 Å². The van der Waals surface area contributed by atoms with Crippen molar-refractivity contribution in [3.8, 4) is 0 Å². The molecule has 2 heteroatoms. The lowest BCUT2D eigenvalue weighted by Gasteiger charge is -2.12. The van der Waals surface area contributed by atoms with Gasteiger partial charge in [-0.05, 0) is 45.1 Å². The predicted molar refractivity (Wildman–Crippen MR) is 69.4 cm³/mol. The molecule has 92 valence electrons. The van der Waals surface area contributed by atoms with Gasteiger partial charge < -0.3 is 10.1 Å². The SMILES string of the molecule is CC/C(C)=C(C)/C=C(/CC1CCOC1)NC. The highest BCUT2D eigenvalue weighted by atomic mass is 16.5. The molecule has 1 aliphatic heterocycles. The van der Waals surface area contributed by atoms with Crippen LogP contribution in [0.25, 0.3) is 0 Å². The standard InChI is InChI=1S/C14H25NO/c1-5-11(2)12(3)8-14(15-4)9-13-6-7-16-10-13/h8,13,15H,5-7,9-10H2,1-4H3/b12-11+,14-8-. The van der Waals surface area contributed by atoms with E-state index in [0.717, 1.165) is 26.1 Å². The van der Waals surface area contributed by atoms with Crippen LogP contribution >= 0.6 is 0 Å². The minimum atomic E-state index is 0.702. The maximum Gasteiger partial charge on any atom is 0.0498 e. The zero-order chi connectivity index (χ0) is 12.0. The topological polar surface area (TPSA) is 21.3 Å². The first-order valence-corrected chi connectivity index (χ1v) is 6.29. The molecule has 1 heterocycles. The van der Waals surface area contributed by atoms with Gasteiger partial charge in [0.1, 0.15) is 0 Å². The average Bonchev–Trinajstić information content (AvgIpc) is 2.79. The molecule has 1 unspecified atom stereocenters. The Morgan fingerprint density at radius 1 is 1.44 bits per heavy atom. The van der Waals surface area contributed by atoms with E-state index in [9.17, 15) is 0 Å². The summed E-state index contributed by atoms with van der Waals surface area (Å²) in [7, 11) is 2.01. The fraction of sp³-hybridized carbons (Fsp3) is 0.714. The number of hydrogen-bond acceptors (Lipinski definition) is 2. The van der Waals surface area contributed by atoms with Crippen LogP contribution in [0, 0.1) is 5.92 Å². The van der Waals surface area contributed by atoms with Crippen molar-refractivity contribution in [2.45, 2.75) is 40.0 Å². The van der Waals surface area contributed by atoms with Crippen LogP contribution in [0.5, 0.6) is 0 Å². The van der Waals surface area contributed by atoms with E-state index in [1.165, 1.54) is 23.3 Å². The number of rotatable bonds is 5. The lowest BCUT2D eigenvalue weighted by Crippen LogP contribution is -2.11. The summed E-state index contributed by atoms with van der Waals surface area (Å²) in [6.07, 6.45) is 5.74. The third-order valence-electron chi connectivity index (χ3n) is 3.45. The van der Waals surface area contributed by atoms with Crippen LogP contribution in [-0.2, 0) is 4.74 Å². The zero-order valence-electron chi connectivity index (χ0n) is 11.1. The molecule has 0 saturated carbocycles. The van der Waals surface area contributed by atoms with Crippen LogP contribution in [-0.4, -0.2) is 20.3 Å². The molecule has 16 heavy (non-hydrogen) atoms. The molecule has 1 N–H and O–H groups in total. The molecule has 1 atom stereocenters. The van der Waals surface area contributed by atoms with E-state index in [-0.39, 0.29) is 0 Å². The monoisotopic (exact) mass is 223 g/mol. The first kappa shape index (κ1) is 13.3. The molecule has 2 nitrogen and oxygen atoms in total. The minimum Gasteiger partial charge on any atom is -0.391 e. The van der Waals surface area contributed by atoms with Gasteiger partial charge in [-0.15, -0.1) is 0 Å². The van der Waals surface area contributed by atoms with Crippen LogP contribution in [0.3, 0.4) is 0 Å². The number of ether oxygens (including phenoxy) is 1. The lowest BCUT2D eigenvalue weighted by molar-refractivity contribution is 0.185. The van der Waals surface area contributed by atoms with Gasteiger partial charge in [-0.3, -0.25) is 0 Å². The molecular formula is C14H25NO. The van der Waals surface area contributed by atoms with E-state index in [2.05, 4.69) is 32.2 Å². The summed E-state index contributed by atoms with van der Waals surface area (Å²) < 4.78 is 5.41. The van der Waals surface area contributed by atoms with Crippen molar-refractivity contribution in [1.29, 1.82) is 0 Å². The predicted octanol–water partition coefficient (Wildman–Crippen LogP) is 3.26. The summed E-state index contributed by atoms with van der Waals surface area (Å²) in [4.78, 5) is 0. The van der Waals surface area contributed by atoms with E-state index in [4.69, 9.17) is 4.74 Å². The van der Waals surface area contributed by atoms with Crippen LogP contribution in [0.1, 0.15) is 40.0 Å². The summed E-state index contributed by atoms with van der Waals surface area (Å²) >= 11 is 0. The molecule has 0 aromatic rings. The van der Waals surface area contributed by atoms with Crippen molar-refractivity contribution in [1.82, 2.24) is 5.32 Å². The van der Waals surface area contributed by atoms with Gasteiger partial charge in [0, 0.05) is 26.0 Å². The summed E-state index contributed by atoms with van der Waals surface area (Å²) in [5.74, 6) is 0.702. The molecular weight excluding hydrogens is 198 g/mol. The van der Waals surface area contributed by atoms with Crippen LogP contribution in [0.4, 0.5) is 0 Å². The van der Waals surface area contributed by atoms with Crippen molar-refractivity contribution < 1.29 is 4.74 Å². The number of allylic oxidation sites excluding steroid dienone is 4. The Kier molecular flexibility index (Phi) is 5.61. The fourth-order valence-electron chi connectivity index (χ4n) is 1.95. The molecule has 0 aliphatic carbocycles. The molecule has 0 radical (unpaired) electrons. The van der Waals surface area contributed by atoms with E-state index < -0.39 is 0 Å². The van der Waals surface area contributed by atoms with Crippen molar-refractivity contribution in [3.05, 3.63) is 22.9 Å². The second kappa shape index (κ2) is 6.74. The van der Waals surface area contributed by atoms with E-state index in [1.807, 2.05) is 7.05 Å². The van der Waals surface area contributed by atoms with Crippen molar-refractivity contribution in [2.24, 2.45) is 5.92 Å². The normalized spacial score (nSPS) is 23.2. The van der Waals surface area contributed by atoms with E-state index in [1.54, 1.807) is 0 Å². The molecule has 0 bridgehead atoms. The third kappa shape index (κ3) is 4.01. The highest BCUT2D eigenvalue weighted by Crippen LogP contribution is 2.21. The third-order valence-corrected chi connectivity index (χ3v) is 3.45. The van der Waals surface area contributed by atoms with Gasteiger partial charge in [-0.25, -0.2) is 0 Å². The fourth-order valence-corrected chi connectivity index (χ4v) is 1.95. The zero-order valence-corrected chi connectivity index (χ0v) is 11.1. The van der Waals surface area contributed by atoms with Crippen LogP contribution < -0.4 is 5.32 Å². The Bertz CT molecular complexity index is 272. The highest BCUT2D eigenvalue weighted by Gasteiger charge is 2.16. The molecule has 0 aromatic heterocycles. The van der Waals surface area contributed by atoms with Gasteiger partial charge in [-0.2, -0.15) is 0 Å². The summed E-state index contributed by atoms with van der Waals surface area (Å²) in [6.45, 7) is 8.47. The lowest BCUT2D eigenvalue weighted by atomic mass is 10.00. The Morgan fingerprint density at radius 2 is 2.19 bits per heavy atom. The summed E-state index contributed by atoms with van der Waals surface area (Å²) in [5.41, 5.74) is 4.20. The molecule has 0 aromatic carbocycles. The summed E-state index contributed by atoms with van der Waals surface area (Å²) in [5, 5.41) is 3.31. The molecule has 1 aliphatic rings. The quantitative estimate of drug-likeness (QED) is 0.722. The van der Waals surface area contributed by atoms with Gasteiger partial charge >= 0.3 is 0 Å². The first-order valence-electron chi connectivity index (χ1n) is 6.29. The second-order valence-corrected chi connectivity index (χ2v) is 4.67. The maximum absolute atomic E-state index is 5.41. The van der Waals surface area contributed by atoms with Gasteiger partial charge in [0.2, 0.25) is 0 Å². The van der Waals surface area contributed by atoms with E-state index in [0.29, 0.717) is 5.92 Å². The molecule has 0 spiro atoms. The largest absolute Gasteiger partial charge is 0.391 e. The second-order valence-electron chi connectivity index (χ2n) is 4.67. The highest BCUT2D eigenvalue weighted by molar-refractivity contribution is 5.25. The summed E-state index contributed by atoms with van der Waals surface area (Å²) in [6, 6.07) is 0. The van der Waals surface area contributed by atoms with Crippen molar-refractivity contribution >= 4 is 0 Å². The van der Waals surface area contributed by atoms with Gasteiger partial charge in [0.15, 0.2) is 0 Å². The smallest absolute Gasteiger partial charge is 0.0498 e. The molecule has 1 fully saturated rings. The number of hydrogen-bond donors (Lipinski definition) is 1. The Labute approximate surface area is 99.8 Å². The number of nitrogens with one attached hydrogen (secondary N) is 1. The maximum atomic E-state index is 5.41.